The molecule has 0 saturated heterocycles. The van der Waals surface area contributed by atoms with Crippen molar-refractivity contribution in [2.75, 3.05) is 7.11 Å². The number of nitrogens with zero attached hydrogens (tertiary/aromatic N) is 1. The highest BCUT2D eigenvalue weighted by Gasteiger charge is 2.02. The molecular formula is C13H13FN2OS2. The van der Waals surface area contributed by atoms with Crippen LogP contribution in [0.5, 0.6) is 0 Å². The van der Waals surface area contributed by atoms with Crippen LogP contribution in [0.15, 0.2) is 35.2 Å². The molecule has 0 radical (unpaired) electrons. The van der Waals surface area contributed by atoms with Gasteiger partial charge in [-0.05, 0) is 24.3 Å². The molecule has 19 heavy (non-hydrogen) atoms. The van der Waals surface area contributed by atoms with Crippen LogP contribution in [0.2, 0.25) is 0 Å². The van der Waals surface area contributed by atoms with Gasteiger partial charge in [-0.3, -0.25) is 0 Å². The number of benzene rings is 1. The van der Waals surface area contributed by atoms with Gasteiger partial charge in [-0.1, -0.05) is 18.3 Å². The fourth-order valence-electron chi connectivity index (χ4n) is 1.57. The number of ether oxygens (including phenoxy) is 1. The van der Waals surface area contributed by atoms with Crippen molar-refractivity contribution in [1.29, 1.82) is 0 Å². The Labute approximate surface area is 120 Å². The maximum Gasteiger partial charge on any atom is 0.130 e. The summed E-state index contributed by atoms with van der Waals surface area (Å²) in [6, 6.07) is 8.25. The molecule has 1 aromatic heterocycles. The lowest BCUT2D eigenvalue weighted by molar-refractivity contribution is 0.181. The Morgan fingerprint density at radius 3 is 3.00 bits per heavy atom. The van der Waals surface area contributed by atoms with Gasteiger partial charge in [0.1, 0.15) is 16.3 Å². The molecule has 0 saturated carbocycles. The van der Waals surface area contributed by atoms with Crippen molar-refractivity contribution in [1.82, 2.24) is 9.97 Å². The summed E-state index contributed by atoms with van der Waals surface area (Å²) in [5.74, 6) is 1.12. The summed E-state index contributed by atoms with van der Waals surface area (Å²) in [5.41, 5.74) is 0.886. The highest BCUT2D eigenvalue weighted by Crippen LogP contribution is 2.21. The largest absolute Gasteiger partial charge is 0.378 e. The first-order chi connectivity index (χ1) is 9.17. The van der Waals surface area contributed by atoms with Gasteiger partial charge < -0.3 is 9.72 Å². The fraction of sp³-hybridized carbons (Fsp3) is 0.231. The molecule has 0 aliphatic heterocycles. The van der Waals surface area contributed by atoms with Crippen molar-refractivity contribution in [2.24, 2.45) is 0 Å². The Morgan fingerprint density at radius 1 is 1.42 bits per heavy atom. The molecule has 0 spiro atoms. The monoisotopic (exact) mass is 296 g/mol. The number of aromatic amines is 1. The number of hydrogen-bond donors (Lipinski definition) is 1. The van der Waals surface area contributed by atoms with E-state index < -0.39 is 0 Å². The van der Waals surface area contributed by atoms with Gasteiger partial charge in [0, 0.05) is 17.7 Å². The third-order valence-electron chi connectivity index (χ3n) is 2.32. The first-order valence-electron chi connectivity index (χ1n) is 5.64. The molecule has 6 heteroatoms. The van der Waals surface area contributed by atoms with Gasteiger partial charge in [0.15, 0.2) is 0 Å². The van der Waals surface area contributed by atoms with E-state index in [9.17, 15) is 4.39 Å². The lowest BCUT2D eigenvalue weighted by Gasteiger charge is -2.05. The molecule has 0 fully saturated rings. The summed E-state index contributed by atoms with van der Waals surface area (Å²) < 4.78 is 18.6. The van der Waals surface area contributed by atoms with Crippen LogP contribution >= 0.6 is 24.0 Å². The predicted molar refractivity (Wildman–Crippen MR) is 76.1 cm³/mol. The second kappa shape index (κ2) is 6.79. The standard InChI is InChI=1S/C13H13FN2OS2/c1-17-7-10-6-13(18)16-12(15-10)8-19-11-4-2-3-9(14)5-11/h2-6H,7-8H2,1H3,(H,15,16,18). The van der Waals surface area contributed by atoms with Crippen molar-refractivity contribution in [3.8, 4) is 0 Å². The smallest absolute Gasteiger partial charge is 0.130 e. The van der Waals surface area contributed by atoms with Crippen LogP contribution in [-0.2, 0) is 17.1 Å². The zero-order valence-corrected chi connectivity index (χ0v) is 12.0. The number of nitrogens with one attached hydrogen (secondary N) is 1. The molecule has 2 rings (SSSR count). The summed E-state index contributed by atoms with van der Waals surface area (Å²) in [5, 5.41) is 0. The van der Waals surface area contributed by atoms with Crippen LogP contribution < -0.4 is 0 Å². The maximum absolute atomic E-state index is 13.1. The quantitative estimate of drug-likeness (QED) is 0.674. The van der Waals surface area contributed by atoms with Crippen molar-refractivity contribution < 1.29 is 9.13 Å². The van der Waals surface area contributed by atoms with Gasteiger partial charge in [0.05, 0.1) is 12.4 Å². The number of halogens is 1. The van der Waals surface area contributed by atoms with Crippen LogP contribution in [0.4, 0.5) is 4.39 Å². The summed E-state index contributed by atoms with van der Waals surface area (Å²) in [7, 11) is 1.62. The third-order valence-corrected chi connectivity index (χ3v) is 3.53. The number of methoxy groups -OCH3 is 1. The number of thioether (sulfide) groups is 1. The molecule has 0 atom stereocenters. The molecule has 2 aromatic rings. The Bertz CT molecular complexity index is 616. The first-order valence-corrected chi connectivity index (χ1v) is 7.03. The van der Waals surface area contributed by atoms with Crippen molar-refractivity contribution >= 4 is 24.0 Å². The zero-order chi connectivity index (χ0) is 13.7. The van der Waals surface area contributed by atoms with Crippen molar-refractivity contribution in [3.63, 3.8) is 0 Å². The second-order valence-electron chi connectivity index (χ2n) is 3.87. The molecule has 100 valence electrons. The van der Waals surface area contributed by atoms with E-state index in [4.69, 9.17) is 17.0 Å². The number of hydrogen-bond acceptors (Lipinski definition) is 4. The minimum absolute atomic E-state index is 0.237. The van der Waals surface area contributed by atoms with E-state index in [0.717, 1.165) is 16.4 Å². The van der Waals surface area contributed by atoms with E-state index in [1.54, 1.807) is 19.2 Å². The van der Waals surface area contributed by atoms with E-state index in [1.807, 2.05) is 6.07 Å². The maximum atomic E-state index is 13.1. The lowest BCUT2D eigenvalue weighted by Crippen LogP contribution is -1.99. The highest BCUT2D eigenvalue weighted by molar-refractivity contribution is 7.98. The molecule has 3 nitrogen and oxygen atoms in total. The molecular weight excluding hydrogens is 283 g/mol. The normalized spacial score (nSPS) is 10.6. The van der Waals surface area contributed by atoms with Gasteiger partial charge in [0.2, 0.25) is 0 Å². The molecule has 1 aromatic carbocycles. The molecule has 0 bridgehead atoms. The zero-order valence-electron chi connectivity index (χ0n) is 10.4. The van der Waals surface area contributed by atoms with Gasteiger partial charge in [-0.2, -0.15) is 0 Å². The second-order valence-corrected chi connectivity index (χ2v) is 5.34. The first kappa shape index (κ1) is 14.2. The summed E-state index contributed by atoms with van der Waals surface area (Å²) in [6.07, 6.45) is 0. The minimum Gasteiger partial charge on any atom is -0.378 e. The average Bonchev–Trinajstić information content (AvgIpc) is 2.36. The third kappa shape index (κ3) is 4.41. The van der Waals surface area contributed by atoms with E-state index in [0.29, 0.717) is 17.0 Å². The number of aromatic nitrogens is 2. The van der Waals surface area contributed by atoms with E-state index in [-0.39, 0.29) is 5.82 Å². The van der Waals surface area contributed by atoms with Crippen LogP contribution in [-0.4, -0.2) is 17.1 Å². The molecule has 1 N–H and O–H groups in total. The fourth-order valence-corrected chi connectivity index (χ4v) is 2.64. The van der Waals surface area contributed by atoms with Crippen LogP contribution in [0.25, 0.3) is 0 Å². The highest BCUT2D eigenvalue weighted by atomic mass is 32.2. The Balaban J connectivity index is 2.09. The van der Waals surface area contributed by atoms with Crippen molar-refractivity contribution in [2.45, 2.75) is 17.3 Å². The molecule has 0 unspecified atom stereocenters. The SMILES string of the molecule is COCc1cc(=S)nc(CSc2cccc(F)c2)[nH]1. The average molecular weight is 296 g/mol. The van der Waals surface area contributed by atoms with Gasteiger partial charge >= 0.3 is 0 Å². The number of H-pyrrole nitrogens is 1. The lowest BCUT2D eigenvalue weighted by atomic mass is 10.4. The summed E-state index contributed by atoms with van der Waals surface area (Å²) in [6.45, 7) is 0.462. The molecule has 0 aliphatic carbocycles. The summed E-state index contributed by atoms with van der Waals surface area (Å²) >= 11 is 6.60. The molecule has 1 heterocycles. The molecule has 0 aliphatic rings. The topological polar surface area (TPSA) is 37.9 Å². The van der Waals surface area contributed by atoms with Crippen LogP contribution in [0.3, 0.4) is 0 Å². The van der Waals surface area contributed by atoms with Crippen LogP contribution in [0.1, 0.15) is 11.5 Å². The Morgan fingerprint density at radius 2 is 2.26 bits per heavy atom. The van der Waals surface area contributed by atoms with E-state index in [2.05, 4.69) is 9.97 Å². The van der Waals surface area contributed by atoms with Crippen LogP contribution in [0, 0.1) is 10.5 Å². The Kier molecular flexibility index (Phi) is 5.07. The van der Waals surface area contributed by atoms with E-state index >= 15 is 0 Å². The summed E-state index contributed by atoms with van der Waals surface area (Å²) in [4.78, 5) is 8.26. The van der Waals surface area contributed by atoms with Gasteiger partial charge in [-0.25, -0.2) is 9.37 Å². The van der Waals surface area contributed by atoms with Gasteiger partial charge in [0.25, 0.3) is 0 Å². The minimum atomic E-state index is -0.237. The van der Waals surface area contributed by atoms with Gasteiger partial charge in [-0.15, -0.1) is 11.8 Å². The van der Waals surface area contributed by atoms with E-state index in [1.165, 1.54) is 23.9 Å². The van der Waals surface area contributed by atoms with Crippen molar-refractivity contribution in [3.05, 3.63) is 52.3 Å². The number of rotatable bonds is 5. The predicted octanol–water partition coefficient (Wildman–Crippen LogP) is 3.72. The Hall–Kier alpha value is -1.24. The molecule has 0 amide bonds.